The van der Waals surface area contributed by atoms with E-state index in [0.29, 0.717) is 22.6 Å². The third-order valence-corrected chi connectivity index (χ3v) is 7.00. The lowest BCUT2D eigenvalue weighted by Crippen LogP contribution is -2.29. The van der Waals surface area contributed by atoms with Crippen LogP contribution in [0.15, 0.2) is 48.0 Å². The first-order chi connectivity index (χ1) is 16.7. The Morgan fingerprint density at radius 3 is 2.51 bits per heavy atom. The number of aliphatic hydroxyl groups is 1. The smallest absolute Gasteiger partial charge is 0.350 e. The lowest BCUT2D eigenvalue weighted by molar-refractivity contribution is -0.132. The van der Waals surface area contributed by atoms with Crippen molar-refractivity contribution in [2.24, 2.45) is 0 Å². The van der Waals surface area contributed by atoms with Crippen molar-refractivity contribution < 1.29 is 29.0 Å². The summed E-state index contributed by atoms with van der Waals surface area (Å²) < 4.78 is 10.2. The van der Waals surface area contributed by atoms with Crippen LogP contribution in [-0.4, -0.2) is 42.0 Å². The number of methoxy groups -OCH3 is 2. The average Bonchev–Trinajstić information content (AvgIpc) is 3.36. The Bertz CT molecular complexity index is 1390. The van der Waals surface area contributed by atoms with Gasteiger partial charge in [-0.1, -0.05) is 41.2 Å². The molecule has 1 amide bonds. The summed E-state index contributed by atoms with van der Waals surface area (Å²) in [6, 6.07) is 11.4. The first kappa shape index (κ1) is 24.2. The molecule has 0 radical (unpaired) electrons. The highest BCUT2D eigenvalue weighted by Crippen LogP contribution is 2.44. The number of aromatic nitrogens is 1. The average molecular weight is 493 g/mol. The SMILES string of the molecule is COC(=O)c1sc(N2C(=O)C(=O)/C(=C(/O)c3cc(C)ccc3C)C2c2cccc(OC)c2)nc1C. The molecule has 1 fully saturated rings. The number of esters is 1. The summed E-state index contributed by atoms with van der Waals surface area (Å²) in [5, 5.41) is 11.5. The van der Waals surface area contributed by atoms with Crippen molar-refractivity contribution >= 4 is 39.9 Å². The van der Waals surface area contributed by atoms with Crippen molar-refractivity contribution in [1.29, 1.82) is 0 Å². The maximum absolute atomic E-state index is 13.4. The van der Waals surface area contributed by atoms with Gasteiger partial charge in [-0.2, -0.15) is 0 Å². The molecule has 1 atom stereocenters. The fraction of sp³-hybridized carbons (Fsp3) is 0.231. The number of thiazole rings is 1. The normalized spacial score (nSPS) is 17.1. The summed E-state index contributed by atoms with van der Waals surface area (Å²) in [6.45, 7) is 5.32. The van der Waals surface area contributed by atoms with Crippen LogP contribution in [0.1, 0.15) is 43.7 Å². The highest BCUT2D eigenvalue weighted by Gasteiger charge is 2.48. The molecule has 35 heavy (non-hydrogen) atoms. The number of carbonyl (C=O) groups excluding carboxylic acids is 3. The van der Waals surface area contributed by atoms with Gasteiger partial charge in [0.1, 0.15) is 16.4 Å². The van der Waals surface area contributed by atoms with E-state index in [4.69, 9.17) is 9.47 Å². The van der Waals surface area contributed by atoms with Crippen LogP contribution in [0.3, 0.4) is 0 Å². The van der Waals surface area contributed by atoms with Gasteiger partial charge in [-0.15, -0.1) is 0 Å². The van der Waals surface area contributed by atoms with E-state index < -0.39 is 23.7 Å². The maximum Gasteiger partial charge on any atom is 0.350 e. The zero-order chi connectivity index (χ0) is 25.4. The van der Waals surface area contributed by atoms with Crippen molar-refractivity contribution in [2.45, 2.75) is 26.8 Å². The molecule has 1 aromatic heterocycles. The van der Waals surface area contributed by atoms with Crippen LogP contribution in [0.2, 0.25) is 0 Å². The molecule has 0 spiro atoms. The van der Waals surface area contributed by atoms with Crippen molar-refractivity contribution in [2.75, 3.05) is 19.1 Å². The molecule has 1 aliphatic rings. The molecule has 9 heteroatoms. The van der Waals surface area contributed by atoms with Crippen molar-refractivity contribution in [1.82, 2.24) is 4.98 Å². The van der Waals surface area contributed by atoms with E-state index in [1.807, 2.05) is 26.0 Å². The first-order valence-electron chi connectivity index (χ1n) is 10.8. The van der Waals surface area contributed by atoms with E-state index in [-0.39, 0.29) is 21.3 Å². The van der Waals surface area contributed by atoms with Gasteiger partial charge in [-0.3, -0.25) is 14.5 Å². The highest BCUT2D eigenvalue weighted by molar-refractivity contribution is 7.17. The van der Waals surface area contributed by atoms with Crippen molar-refractivity contribution in [3.05, 3.63) is 80.9 Å². The second kappa shape index (κ2) is 9.34. The van der Waals surface area contributed by atoms with E-state index in [2.05, 4.69) is 4.98 Å². The van der Waals surface area contributed by atoms with Gasteiger partial charge in [0, 0.05) is 5.56 Å². The lowest BCUT2D eigenvalue weighted by atomic mass is 9.93. The maximum atomic E-state index is 13.4. The molecule has 2 heterocycles. The number of aryl methyl sites for hydroxylation is 3. The van der Waals surface area contributed by atoms with Gasteiger partial charge in [0.25, 0.3) is 5.78 Å². The number of carbonyl (C=O) groups is 3. The highest BCUT2D eigenvalue weighted by atomic mass is 32.1. The Morgan fingerprint density at radius 2 is 1.83 bits per heavy atom. The number of anilines is 1. The minimum absolute atomic E-state index is 0.0653. The molecule has 3 aromatic rings. The number of rotatable bonds is 5. The topological polar surface area (TPSA) is 106 Å². The minimum atomic E-state index is -0.985. The second-order valence-corrected chi connectivity index (χ2v) is 9.14. The van der Waals surface area contributed by atoms with E-state index in [0.717, 1.165) is 22.5 Å². The molecule has 180 valence electrons. The first-order valence-corrected chi connectivity index (χ1v) is 11.6. The molecular weight excluding hydrogens is 468 g/mol. The van der Waals surface area contributed by atoms with Gasteiger partial charge >= 0.3 is 11.9 Å². The molecular formula is C26H24N2O6S. The van der Waals surface area contributed by atoms with Crippen molar-refractivity contribution in [3.63, 3.8) is 0 Å². The molecule has 1 unspecified atom stereocenters. The van der Waals surface area contributed by atoms with Gasteiger partial charge in [-0.25, -0.2) is 9.78 Å². The van der Waals surface area contributed by atoms with Crippen LogP contribution in [-0.2, 0) is 14.3 Å². The van der Waals surface area contributed by atoms with Gasteiger partial charge in [-0.05, 0) is 50.1 Å². The molecule has 0 aliphatic carbocycles. The Balaban J connectivity index is 1.98. The molecule has 1 aliphatic heterocycles. The number of hydrogen-bond donors (Lipinski definition) is 1. The number of hydrogen-bond acceptors (Lipinski definition) is 8. The number of benzene rings is 2. The second-order valence-electron chi connectivity index (χ2n) is 8.17. The Morgan fingerprint density at radius 1 is 1.09 bits per heavy atom. The summed E-state index contributed by atoms with van der Waals surface area (Å²) in [5.74, 6) is -2.04. The van der Waals surface area contributed by atoms with Gasteiger partial charge < -0.3 is 14.6 Å². The van der Waals surface area contributed by atoms with Crippen LogP contribution in [0.25, 0.3) is 5.76 Å². The summed E-state index contributed by atoms with van der Waals surface area (Å²) in [4.78, 5) is 44.7. The number of ketones is 1. The van der Waals surface area contributed by atoms with E-state index >= 15 is 0 Å². The summed E-state index contributed by atoms with van der Waals surface area (Å²) in [6.07, 6.45) is 0. The van der Waals surface area contributed by atoms with Gasteiger partial charge in [0.2, 0.25) is 0 Å². The molecule has 2 aromatic carbocycles. The molecule has 0 bridgehead atoms. The van der Waals surface area contributed by atoms with Crippen molar-refractivity contribution in [3.8, 4) is 5.75 Å². The number of amides is 1. The number of Topliss-reactive ketones (excluding diaryl/α,β-unsaturated/α-hetero) is 1. The number of ether oxygens (including phenoxy) is 2. The molecule has 1 N–H and O–H groups in total. The van der Waals surface area contributed by atoms with Crippen LogP contribution < -0.4 is 9.64 Å². The van der Waals surface area contributed by atoms with E-state index in [1.165, 1.54) is 19.1 Å². The fourth-order valence-electron chi connectivity index (χ4n) is 4.06. The predicted octanol–water partition coefficient (Wildman–Crippen LogP) is 4.49. The van der Waals surface area contributed by atoms with Crippen LogP contribution in [0.5, 0.6) is 5.75 Å². The van der Waals surface area contributed by atoms with Crippen LogP contribution >= 0.6 is 11.3 Å². The third kappa shape index (κ3) is 4.19. The quantitative estimate of drug-likeness (QED) is 0.242. The van der Waals surface area contributed by atoms with E-state index in [9.17, 15) is 19.5 Å². The number of nitrogens with zero attached hydrogens (tertiary/aromatic N) is 2. The largest absolute Gasteiger partial charge is 0.507 e. The standard InChI is InChI=1S/C26H24N2O6S/c1-13-9-10-14(2)18(11-13)21(29)19-20(16-7-6-8-17(12-16)33-4)28(24(31)22(19)30)26-27-15(3)23(35-26)25(32)34-5/h6-12,20,29H,1-5H3/b21-19+. The summed E-state index contributed by atoms with van der Waals surface area (Å²) in [5.41, 5.74) is 2.95. The zero-order valence-corrected chi connectivity index (χ0v) is 20.7. The summed E-state index contributed by atoms with van der Waals surface area (Å²) in [7, 11) is 2.77. The monoisotopic (exact) mass is 492 g/mol. The van der Waals surface area contributed by atoms with Crippen LogP contribution in [0.4, 0.5) is 5.13 Å². The zero-order valence-electron chi connectivity index (χ0n) is 19.9. The Hall–Kier alpha value is -3.98. The third-order valence-electron chi connectivity index (χ3n) is 5.86. The summed E-state index contributed by atoms with van der Waals surface area (Å²) >= 11 is 0.951. The molecule has 8 nitrogen and oxygen atoms in total. The Labute approximate surface area is 206 Å². The van der Waals surface area contributed by atoms with Gasteiger partial charge in [0.15, 0.2) is 5.13 Å². The predicted molar refractivity (Wildman–Crippen MR) is 132 cm³/mol. The molecule has 4 rings (SSSR count). The lowest BCUT2D eigenvalue weighted by Gasteiger charge is -2.23. The van der Waals surface area contributed by atoms with Crippen LogP contribution in [0, 0.1) is 20.8 Å². The van der Waals surface area contributed by atoms with E-state index in [1.54, 1.807) is 37.3 Å². The van der Waals surface area contributed by atoms with Gasteiger partial charge in [0.05, 0.1) is 31.5 Å². The molecule has 1 saturated heterocycles. The fourth-order valence-corrected chi connectivity index (χ4v) is 5.07. The Kier molecular flexibility index (Phi) is 6.45. The minimum Gasteiger partial charge on any atom is -0.507 e. The number of aliphatic hydroxyl groups excluding tert-OH is 1. The molecule has 0 saturated carbocycles.